The summed E-state index contributed by atoms with van der Waals surface area (Å²) in [5, 5.41) is 3.71. The second-order valence-electron chi connectivity index (χ2n) is 6.52. The molecule has 0 bridgehead atoms. The van der Waals surface area contributed by atoms with Gasteiger partial charge in [-0.05, 0) is 45.9 Å². The van der Waals surface area contributed by atoms with Crippen molar-refractivity contribution in [2.75, 3.05) is 46.8 Å². The van der Waals surface area contributed by atoms with Gasteiger partial charge < -0.3 is 15.1 Å². The number of nitrogens with one attached hydrogen (secondary N) is 1. The first kappa shape index (κ1) is 16.9. The second kappa shape index (κ2) is 8.23. The Morgan fingerprint density at radius 2 is 1.89 bits per heavy atom. The fraction of sp³-hybridized carbons (Fsp3) is 1.00. The zero-order chi connectivity index (χ0) is 14.3. The molecule has 0 saturated heterocycles. The molecule has 1 fully saturated rings. The van der Waals surface area contributed by atoms with Crippen molar-refractivity contribution in [2.45, 2.75) is 52.0 Å². The van der Waals surface area contributed by atoms with Gasteiger partial charge in [0.15, 0.2) is 0 Å². The van der Waals surface area contributed by atoms with Gasteiger partial charge in [0.25, 0.3) is 0 Å². The standard InChI is InChI=1S/C16H35N3/c1-6-19(7-2)12-11-17-14-16(18(4)5)10-8-9-15(3)13-16/h15,17H,6-14H2,1-5H3. The Morgan fingerprint density at radius 1 is 1.21 bits per heavy atom. The van der Waals surface area contributed by atoms with Gasteiger partial charge in [0, 0.05) is 25.2 Å². The van der Waals surface area contributed by atoms with Gasteiger partial charge in [-0.2, -0.15) is 0 Å². The smallest absolute Gasteiger partial charge is 0.0330 e. The van der Waals surface area contributed by atoms with E-state index >= 15 is 0 Å². The number of rotatable bonds is 8. The van der Waals surface area contributed by atoms with E-state index in [1.165, 1.54) is 32.2 Å². The number of hydrogen-bond donors (Lipinski definition) is 1. The molecule has 0 heterocycles. The van der Waals surface area contributed by atoms with E-state index in [-0.39, 0.29) is 0 Å². The van der Waals surface area contributed by atoms with E-state index in [2.05, 4.69) is 50.0 Å². The van der Waals surface area contributed by atoms with Crippen molar-refractivity contribution >= 4 is 0 Å². The molecule has 0 amide bonds. The lowest BCUT2D eigenvalue weighted by atomic mass is 9.75. The minimum Gasteiger partial charge on any atom is -0.314 e. The molecule has 114 valence electrons. The molecule has 0 radical (unpaired) electrons. The summed E-state index contributed by atoms with van der Waals surface area (Å²) in [6, 6.07) is 0. The van der Waals surface area contributed by atoms with E-state index in [0.717, 1.165) is 32.1 Å². The van der Waals surface area contributed by atoms with Gasteiger partial charge in [0.1, 0.15) is 0 Å². The summed E-state index contributed by atoms with van der Waals surface area (Å²) < 4.78 is 0. The van der Waals surface area contributed by atoms with Crippen LogP contribution in [-0.2, 0) is 0 Å². The van der Waals surface area contributed by atoms with Crippen molar-refractivity contribution < 1.29 is 0 Å². The van der Waals surface area contributed by atoms with E-state index in [1.807, 2.05) is 0 Å². The topological polar surface area (TPSA) is 18.5 Å². The predicted octanol–water partition coefficient (Wildman–Crippen LogP) is 2.43. The third-order valence-electron chi connectivity index (χ3n) is 4.97. The molecule has 1 N–H and O–H groups in total. The van der Waals surface area contributed by atoms with Gasteiger partial charge in [-0.3, -0.25) is 0 Å². The van der Waals surface area contributed by atoms with Gasteiger partial charge in [-0.1, -0.05) is 33.6 Å². The summed E-state index contributed by atoms with van der Waals surface area (Å²) >= 11 is 0. The molecule has 0 aromatic heterocycles. The van der Waals surface area contributed by atoms with Gasteiger partial charge in [-0.25, -0.2) is 0 Å². The van der Waals surface area contributed by atoms with Crippen LogP contribution in [0.3, 0.4) is 0 Å². The first-order valence-corrected chi connectivity index (χ1v) is 8.14. The molecule has 1 aliphatic carbocycles. The monoisotopic (exact) mass is 269 g/mol. The quantitative estimate of drug-likeness (QED) is 0.683. The zero-order valence-corrected chi connectivity index (χ0v) is 13.8. The largest absolute Gasteiger partial charge is 0.314 e. The maximum atomic E-state index is 3.71. The Balaban J connectivity index is 2.38. The zero-order valence-electron chi connectivity index (χ0n) is 13.8. The molecule has 2 unspecified atom stereocenters. The third-order valence-corrected chi connectivity index (χ3v) is 4.97. The van der Waals surface area contributed by atoms with Crippen LogP contribution in [0.2, 0.25) is 0 Å². The van der Waals surface area contributed by atoms with Crippen molar-refractivity contribution in [3.63, 3.8) is 0 Å². The Kier molecular flexibility index (Phi) is 7.33. The fourth-order valence-electron chi connectivity index (χ4n) is 3.46. The average Bonchev–Trinajstić information content (AvgIpc) is 2.39. The number of likely N-dealkylation sites (N-methyl/N-ethyl adjacent to an activating group) is 2. The highest BCUT2D eigenvalue weighted by atomic mass is 15.2. The van der Waals surface area contributed by atoms with Gasteiger partial charge in [0.2, 0.25) is 0 Å². The summed E-state index contributed by atoms with van der Waals surface area (Å²) in [6.07, 6.45) is 5.49. The van der Waals surface area contributed by atoms with Crippen LogP contribution in [-0.4, -0.2) is 62.2 Å². The van der Waals surface area contributed by atoms with Crippen LogP contribution in [0.25, 0.3) is 0 Å². The molecule has 2 atom stereocenters. The van der Waals surface area contributed by atoms with E-state index in [0.29, 0.717) is 5.54 Å². The van der Waals surface area contributed by atoms with Crippen LogP contribution in [0.4, 0.5) is 0 Å². The Hall–Kier alpha value is -0.120. The van der Waals surface area contributed by atoms with Crippen molar-refractivity contribution in [3.8, 4) is 0 Å². The van der Waals surface area contributed by atoms with Crippen molar-refractivity contribution in [1.29, 1.82) is 0 Å². The molecule has 0 aromatic carbocycles. The Bertz CT molecular complexity index is 238. The number of hydrogen-bond acceptors (Lipinski definition) is 3. The molecule has 3 nitrogen and oxygen atoms in total. The van der Waals surface area contributed by atoms with E-state index < -0.39 is 0 Å². The van der Waals surface area contributed by atoms with Crippen LogP contribution >= 0.6 is 0 Å². The van der Waals surface area contributed by atoms with Crippen molar-refractivity contribution in [2.24, 2.45) is 5.92 Å². The molecular formula is C16H35N3. The highest BCUT2D eigenvalue weighted by Gasteiger charge is 2.36. The average molecular weight is 269 g/mol. The summed E-state index contributed by atoms with van der Waals surface area (Å²) in [4.78, 5) is 4.95. The minimum absolute atomic E-state index is 0.390. The van der Waals surface area contributed by atoms with E-state index in [1.54, 1.807) is 0 Å². The highest BCUT2D eigenvalue weighted by molar-refractivity contribution is 4.94. The molecule has 1 aliphatic rings. The summed E-state index contributed by atoms with van der Waals surface area (Å²) in [5.74, 6) is 0.876. The van der Waals surface area contributed by atoms with Crippen LogP contribution in [0, 0.1) is 5.92 Å². The molecular weight excluding hydrogens is 234 g/mol. The van der Waals surface area contributed by atoms with Crippen LogP contribution in [0.1, 0.15) is 46.5 Å². The lowest BCUT2D eigenvalue weighted by Crippen LogP contribution is -2.54. The third kappa shape index (κ3) is 5.05. The summed E-state index contributed by atoms with van der Waals surface area (Å²) in [5.41, 5.74) is 0.390. The molecule has 0 spiro atoms. The lowest BCUT2D eigenvalue weighted by molar-refractivity contribution is 0.0747. The predicted molar refractivity (Wildman–Crippen MR) is 84.7 cm³/mol. The normalized spacial score (nSPS) is 28.3. The number of nitrogens with zero attached hydrogens (tertiary/aromatic N) is 2. The van der Waals surface area contributed by atoms with Gasteiger partial charge in [0.05, 0.1) is 0 Å². The SMILES string of the molecule is CCN(CC)CCNCC1(N(C)C)CCCC(C)C1. The molecule has 1 saturated carbocycles. The Morgan fingerprint density at radius 3 is 2.42 bits per heavy atom. The van der Waals surface area contributed by atoms with Crippen LogP contribution in [0.5, 0.6) is 0 Å². The molecule has 1 rings (SSSR count). The summed E-state index contributed by atoms with van der Waals surface area (Å²) in [7, 11) is 4.51. The maximum Gasteiger partial charge on any atom is 0.0330 e. The molecule has 0 aliphatic heterocycles. The minimum atomic E-state index is 0.390. The fourth-order valence-corrected chi connectivity index (χ4v) is 3.46. The second-order valence-corrected chi connectivity index (χ2v) is 6.52. The lowest BCUT2D eigenvalue weighted by Gasteiger charge is -2.45. The maximum absolute atomic E-state index is 3.71. The van der Waals surface area contributed by atoms with Crippen LogP contribution < -0.4 is 5.32 Å². The first-order valence-electron chi connectivity index (χ1n) is 8.14. The van der Waals surface area contributed by atoms with Crippen LogP contribution in [0.15, 0.2) is 0 Å². The van der Waals surface area contributed by atoms with E-state index in [9.17, 15) is 0 Å². The van der Waals surface area contributed by atoms with Gasteiger partial charge in [-0.15, -0.1) is 0 Å². The van der Waals surface area contributed by atoms with E-state index in [4.69, 9.17) is 0 Å². The highest BCUT2D eigenvalue weighted by Crippen LogP contribution is 2.35. The van der Waals surface area contributed by atoms with Gasteiger partial charge >= 0.3 is 0 Å². The summed E-state index contributed by atoms with van der Waals surface area (Å²) in [6.45, 7) is 12.7. The molecule has 3 heteroatoms. The molecule has 19 heavy (non-hydrogen) atoms. The Labute approximate surface area is 120 Å². The first-order chi connectivity index (χ1) is 9.04. The van der Waals surface area contributed by atoms with Crippen molar-refractivity contribution in [3.05, 3.63) is 0 Å². The van der Waals surface area contributed by atoms with Crippen molar-refractivity contribution in [1.82, 2.24) is 15.1 Å². The molecule has 0 aromatic rings.